The number of likely N-dealkylation sites (tertiary alicyclic amines) is 2. The number of piperidine rings is 2. The molecule has 0 saturated carbocycles. The van der Waals surface area contributed by atoms with Gasteiger partial charge in [-0.1, -0.05) is 6.07 Å². The Morgan fingerprint density at radius 2 is 2.21 bits per heavy atom. The van der Waals surface area contributed by atoms with Gasteiger partial charge in [0, 0.05) is 68.0 Å². The first-order valence-electron chi connectivity index (χ1n) is 10.4. The molecule has 1 spiro atoms. The van der Waals surface area contributed by atoms with Gasteiger partial charge in [-0.2, -0.15) is 0 Å². The summed E-state index contributed by atoms with van der Waals surface area (Å²) >= 11 is 0. The van der Waals surface area contributed by atoms with Gasteiger partial charge in [0.05, 0.1) is 13.4 Å². The van der Waals surface area contributed by atoms with E-state index < -0.39 is 0 Å². The number of imidazole rings is 1. The number of carbonyl (C=O) groups is 1. The van der Waals surface area contributed by atoms with Crippen molar-refractivity contribution in [3.05, 3.63) is 47.8 Å². The summed E-state index contributed by atoms with van der Waals surface area (Å²) in [4.78, 5) is 24.0. The van der Waals surface area contributed by atoms with Crippen molar-refractivity contribution in [2.75, 3.05) is 33.3 Å². The maximum atomic E-state index is 14.4. The van der Waals surface area contributed by atoms with Crippen LogP contribution in [0.5, 0.6) is 5.75 Å². The number of nitrogens with zero attached hydrogens (tertiary/aromatic N) is 3. The molecule has 7 heteroatoms. The second kappa shape index (κ2) is 8.53. The van der Waals surface area contributed by atoms with Crippen molar-refractivity contribution in [3.63, 3.8) is 0 Å². The Labute approximate surface area is 171 Å². The molecule has 1 aromatic heterocycles. The van der Waals surface area contributed by atoms with E-state index in [2.05, 4.69) is 14.9 Å². The van der Waals surface area contributed by atoms with Crippen molar-refractivity contribution in [3.8, 4) is 5.75 Å². The number of methoxy groups -OCH3 is 1. The number of hydrogen-bond donors (Lipinski definition) is 1. The van der Waals surface area contributed by atoms with Gasteiger partial charge in [0.25, 0.3) is 0 Å². The Morgan fingerprint density at radius 3 is 2.97 bits per heavy atom. The second-order valence-corrected chi connectivity index (χ2v) is 8.41. The summed E-state index contributed by atoms with van der Waals surface area (Å²) in [6.07, 6.45) is 8.02. The molecule has 2 aliphatic rings. The van der Waals surface area contributed by atoms with Crippen molar-refractivity contribution in [2.45, 2.75) is 38.6 Å². The van der Waals surface area contributed by atoms with Crippen LogP contribution in [0.1, 0.15) is 36.9 Å². The fraction of sp³-hybridized carbons (Fsp3) is 0.545. The molecule has 2 saturated heterocycles. The molecule has 2 aliphatic heterocycles. The summed E-state index contributed by atoms with van der Waals surface area (Å²) in [7, 11) is 1.55. The molecule has 1 amide bonds. The third-order valence-corrected chi connectivity index (χ3v) is 6.35. The lowest BCUT2D eigenvalue weighted by atomic mass is 9.73. The maximum Gasteiger partial charge on any atom is 0.222 e. The van der Waals surface area contributed by atoms with Gasteiger partial charge in [0.1, 0.15) is 11.6 Å². The predicted molar refractivity (Wildman–Crippen MR) is 108 cm³/mol. The van der Waals surface area contributed by atoms with E-state index in [-0.39, 0.29) is 17.1 Å². The van der Waals surface area contributed by atoms with E-state index in [1.165, 1.54) is 6.07 Å². The Hall–Kier alpha value is -2.41. The van der Waals surface area contributed by atoms with Crippen molar-refractivity contribution >= 4 is 5.91 Å². The zero-order valence-electron chi connectivity index (χ0n) is 17.0. The van der Waals surface area contributed by atoms with E-state index in [1.807, 2.05) is 23.2 Å². The molecule has 0 aliphatic carbocycles. The monoisotopic (exact) mass is 400 g/mol. The van der Waals surface area contributed by atoms with Crippen molar-refractivity contribution in [2.24, 2.45) is 5.41 Å². The average Bonchev–Trinajstić information content (AvgIpc) is 3.24. The highest BCUT2D eigenvalue weighted by Crippen LogP contribution is 2.39. The van der Waals surface area contributed by atoms with Gasteiger partial charge in [-0.3, -0.25) is 9.69 Å². The SMILES string of the molecule is COc1ccc(CN2CCC[C@]3(CCC(=O)N(CCc4cnc[nH]4)C3)C2)c(F)c1. The Kier molecular flexibility index (Phi) is 5.85. The van der Waals surface area contributed by atoms with Crippen LogP contribution >= 0.6 is 0 Å². The van der Waals surface area contributed by atoms with Crippen LogP contribution in [-0.4, -0.2) is 59.0 Å². The summed E-state index contributed by atoms with van der Waals surface area (Å²) < 4.78 is 19.5. The van der Waals surface area contributed by atoms with Crippen molar-refractivity contribution in [1.29, 1.82) is 0 Å². The highest BCUT2D eigenvalue weighted by molar-refractivity contribution is 5.77. The van der Waals surface area contributed by atoms with Gasteiger partial charge < -0.3 is 14.6 Å². The lowest BCUT2D eigenvalue weighted by molar-refractivity contribution is -0.139. The van der Waals surface area contributed by atoms with E-state index in [1.54, 1.807) is 13.4 Å². The molecular weight excluding hydrogens is 371 g/mol. The number of halogens is 1. The van der Waals surface area contributed by atoms with Gasteiger partial charge in [-0.25, -0.2) is 9.37 Å². The van der Waals surface area contributed by atoms with Gasteiger partial charge in [-0.05, 0) is 31.9 Å². The molecule has 1 aromatic carbocycles. The molecule has 6 nitrogen and oxygen atoms in total. The standard InChI is InChI=1S/C22H29FN4O2/c1-29-19-4-3-17(20(23)11-19)13-26-9-2-7-22(14-26)8-5-21(28)27(15-22)10-6-18-12-24-16-25-18/h3-4,11-12,16H,2,5-10,13-15H2,1H3,(H,24,25)/t22-/m0/s1. The average molecular weight is 400 g/mol. The van der Waals surface area contributed by atoms with Crippen molar-refractivity contribution in [1.82, 2.24) is 19.8 Å². The number of aromatic nitrogens is 2. The number of nitrogens with one attached hydrogen (secondary N) is 1. The molecular formula is C22H29FN4O2. The summed E-state index contributed by atoms with van der Waals surface area (Å²) in [5, 5.41) is 0. The molecule has 3 heterocycles. The number of rotatable bonds is 6. The van der Waals surface area contributed by atoms with Crippen LogP contribution in [-0.2, 0) is 17.8 Å². The van der Waals surface area contributed by atoms with Gasteiger partial charge >= 0.3 is 0 Å². The van der Waals surface area contributed by atoms with E-state index in [4.69, 9.17) is 4.74 Å². The molecule has 1 N–H and O–H groups in total. The normalized spacial score (nSPS) is 23.0. The number of amides is 1. The quantitative estimate of drug-likeness (QED) is 0.810. The Bertz CT molecular complexity index is 841. The van der Waals surface area contributed by atoms with Crippen LogP contribution in [0.2, 0.25) is 0 Å². The maximum absolute atomic E-state index is 14.4. The first kappa shape index (κ1) is 19.9. The number of H-pyrrole nitrogens is 1. The molecule has 1 atom stereocenters. The molecule has 0 radical (unpaired) electrons. The second-order valence-electron chi connectivity index (χ2n) is 8.41. The largest absolute Gasteiger partial charge is 0.497 e. The van der Waals surface area contributed by atoms with Crippen molar-refractivity contribution < 1.29 is 13.9 Å². The van der Waals surface area contributed by atoms with Crippen LogP contribution in [0.25, 0.3) is 0 Å². The number of aromatic amines is 1. The summed E-state index contributed by atoms with van der Waals surface area (Å²) in [6.45, 7) is 3.98. The highest BCUT2D eigenvalue weighted by atomic mass is 19.1. The van der Waals surface area contributed by atoms with E-state index in [0.717, 1.165) is 57.6 Å². The van der Waals surface area contributed by atoms with Crippen LogP contribution in [0, 0.1) is 11.2 Å². The fourth-order valence-corrected chi connectivity index (χ4v) is 4.79. The molecule has 4 rings (SSSR count). The first-order chi connectivity index (χ1) is 14.1. The smallest absolute Gasteiger partial charge is 0.222 e. The lowest BCUT2D eigenvalue weighted by Gasteiger charge is -2.48. The topological polar surface area (TPSA) is 61.5 Å². The molecule has 0 bridgehead atoms. The van der Waals surface area contributed by atoms with Crippen LogP contribution < -0.4 is 4.74 Å². The Balaban J connectivity index is 1.40. The molecule has 2 aromatic rings. The minimum atomic E-state index is -0.219. The van der Waals surface area contributed by atoms with E-state index >= 15 is 0 Å². The summed E-state index contributed by atoms with van der Waals surface area (Å²) in [6, 6.07) is 5.08. The number of hydrogen-bond acceptors (Lipinski definition) is 4. The van der Waals surface area contributed by atoms with Crippen LogP contribution in [0.15, 0.2) is 30.7 Å². The third kappa shape index (κ3) is 4.61. The minimum Gasteiger partial charge on any atom is -0.497 e. The predicted octanol–water partition coefficient (Wildman–Crippen LogP) is 3.00. The molecule has 0 unspecified atom stereocenters. The third-order valence-electron chi connectivity index (χ3n) is 6.35. The zero-order chi connectivity index (χ0) is 20.3. The van der Waals surface area contributed by atoms with Crippen LogP contribution in [0.3, 0.4) is 0 Å². The molecule has 29 heavy (non-hydrogen) atoms. The summed E-state index contributed by atoms with van der Waals surface area (Å²) in [5.41, 5.74) is 1.87. The lowest BCUT2D eigenvalue weighted by Crippen LogP contribution is -2.54. The van der Waals surface area contributed by atoms with Crippen LogP contribution in [0.4, 0.5) is 4.39 Å². The number of ether oxygens (including phenoxy) is 1. The highest BCUT2D eigenvalue weighted by Gasteiger charge is 2.41. The minimum absolute atomic E-state index is 0.114. The van der Waals surface area contributed by atoms with E-state index in [0.29, 0.717) is 24.3 Å². The Morgan fingerprint density at radius 1 is 1.31 bits per heavy atom. The summed E-state index contributed by atoms with van der Waals surface area (Å²) in [5.74, 6) is 0.567. The molecule has 156 valence electrons. The fourth-order valence-electron chi connectivity index (χ4n) is 4.79. The molecule has 2 fully saturated rings. The van der Waals surface area contributed by atoms with Gasteiger partial charge in [0.2, 0.25) is 5.91 Å². The van der Waals surface area contributed by atoms with E-state index in [9.17, 15) is 9.18 Å². The number of carbonyl (C=O) groups excluding carboxylic acids is 1. The zero-order valence-corrected chi connectivity index (χ0v) is 17.0. The number of benzene rings is 1. The van der Waals surface area contributed by atoms with Gasteiger partial charge in [0.15, 0.2) is 0 Å². The van der Waals surface area contributed by atoms with Gasteiger partial charge in [-0.15, -0.1) is 0 Å². The first-order valence-corrected chi connectivity index (χ1v) is 10.4.